The van der Waals surface area contributed by atoms with Crippen LogP contribution in [0.5, 0.6) is 0 Å². The van der Waals surface area contributed by atoms with E-state index in [4.69, 9.17) is 0 Å². The quantitative estimate of drug-likeness (QED) is 0.760. The number of thiazole rings is 2. The van der Waals surface area contributed by atoms with E-state index < -0.39 is 0 Å². The van der Waals surface area contributed by atoms with Crippen molar-refractivity contribution in [1.29, 1.82) is 0 Å². The van der Waals surface area contributed by atoms with Gasteiger partial charge < -0.3 is 0 Å². The molecule has 0 saturated carbocycles. The highest BCUT2D eigenvalue weighted by molar-refractivity contribution is 7.14. The Morgan fingerprint density at radius 2 is 2.15 bits per heavy atom. The molecule has 2 rings (SSSR count). The van der Waals surface area contributed by atoms with Gasteiger partial charge in [-0.15, -0.1) is 22.7 Å². The summed E-state index contributed by atoms with van der Waals surface area (Å²) in [7, 11) is 0. The third-order valence-electron chi connectivity index (χ3n) is 1.63. The largest absolute Gasteiger partial charge is 0.239 e. The number of hydrogen-bond acceptors (Lipinski definition) is 4. The third kappa shape index (κ3) is 1.78. The van der Waals surface area contributed by atoms with Crippen LogP contribution in [0.2, 0.25) is 0 Å². The van der Waals surface area contributed by atoms with Gasteiger partial charge in [-0.2, -0.15) is 0 Å². The average Bonchev–Trinajstić information content (AvgIpc) is 2.71. The highest BCUT2D eigenvalue weighted by Gasteiger charge is 2.06. The van der Waals surface area contributed by atoms with Crippen molar-refractivity contribution < 1.29 is 0 Å². The number of nitrogens with zero attached hydrogens (tertiary/aromatic N) is 2. The van der Waals surface area contributed by atoms with Crippen LogP contribution in [-0.2, 0) is 6.42 Å². The SMILES string of the molecule is [CH2]c1csc(-c2csc(CC)n2)n1. The lowest BCUT2D eigenvalue weighted by atomic mass is 10.5. The summed E-state index contributed by atoms with van der Waals surface area (Å²) in [5.41, 5.74) is 1.81. The first kappa shape index (κ1) is 8.84. The van der Waals surface area contributed by atoms with Gasteiger partial charge in [-0.3, -0.25) is 0 Å². The molecule has 4 heteroatoms. The number of aromatic nitrogens is 2. The first-order valence-electron chi connectivity index (χ1n) is 4.02. The lowest BCUT2D eigenvalue weighted by molar-refractivity contribution is 1.09. The number of rotatable bonds is 2. The molecule has 0 amide bonds. The zero-order valence-corrected chi connectivity index (χ0v) is 8.91. The number of aryl methyl sites for hydroxylation is 1. The summed E-state index contributed by atoms with van der Waals surface area (Å²) in [5, 5.41) is 6.13. The van der Waals surface area contributed by atoms with E-state index in [2.05, 4.69) is 29.2 Å². The Balaban J connectivity index is 2.35. The van der Waals surface area contributed by atoms with E-state index in [9.17, 15) is 0 Å². The Labute approximate surface area is 85.3 Å². The molecule has 0 aliphatic heterocycles. The monoisotopic (exact) mass is 209 g/mol. The molecule has 2 aromatic heterocycles. The molecule has 0 aromatic carbocycles. The Morgan fingerprint density at radius 1 is 1.31 bits per heavy atom. The van der Waals surface area contributed by atoms with E-state index in [1.807, 2.05) is 5.38 Å². The minimum atomic E-state index is 0.825. The Kier molecular flexibility index (Phi) is 2.42. The molecule has 13 heavy (non-hydrogen) atoms. The minimum Gasteiger partial charge on any atom is -0.239 e. The molecule has 0 spiro atoms. The summed E-state index contributed by atoms with van der Waals surface area (Å²) >= 11 is 3.29. The molecule has 0 aliphatic rings. The van der Waals surface area contributed by atoms with Crippen LogP contribution in [-0.4, -0.2) is 9.97 Å². The summed E-state index contributed by atoms with van der Waals surface area (Å²) in [6.07, 6.45) is 0.993. The van der Waals surface area contributed by atoms with Gasteiger partial charge in [0.05, 0.1) is 10.7 Å². The number of hydrogen-bond donors (Lipinski definition) is 0. The van der Waals surface area contributed by atoms with E-state index in [1.54, 1.807) is 22.7 Å². The first-order valence-corrected chi connectivity index (χ1v) is 5.77. The summed E-state index contributed by atoms with van der Waals surface area (Å²) in [6, 6.07) is 0. The smallest absolute Gasteiger partial charge is 0.142 e. The van der Waals surface area contributed by atoms with Gasteiger partial charge >= 0.3 is 0 Å². The lowest BCUT2D eigenvalue weighted by Crippen LogP contribution is -1.79. The van der Waals surface area contributed by atoms with Gasteiger partial charge in [-0.05, 0) is 13.3 Å². The fourth-order valence-corrected chi connectivity index (χ4v) is 2.50. The van der Waals surface area contributed by atoms with Gasteiger partial charge in [-0.1, -0.05) is 6.92 Å². The van der Waals surface area contributed by atoms with Crippen LogP contribution >= 0.6 is 22.7 Å². The van der Waals surface area contributed by atoms with Crippen LogP contribution in [0.3, 0.4) is 0 Å². The molecule has 1 radical (unpaired) electrons. The molecule has 2 nitrogen and oxygen atoms in total. The summed E-state index contributed by atoms with van der Waals surface area (Å²) < 4.78 is 0. The van der Waals surface area contributed by atoms with E-state index in [0.717, 1.165) is 27.8 Å². The fraction of sp³-hybridized carbons (Fsp3) is 0.222. The normalized spacial score (nSPS) is 10.6. The van der Waals surface area contributed by atoms with Crippen LogP contribution in [0.15, 0.2) is 10.8 Å². The highest BCUT2D eigenvalue weighted by atomic mass is 32.1. The van der Waals surface area contributed by atoms with Crippen molar-refractivity contribution in [2.45, 2.75) is 13.3 Å². The van der Waals surface area contributed by atoms with Gasteiger partial charge in [0.15, 0.2) is 0 Å². The molecule has 2 heterocycles. The molecule has 0 N–H and O–H groups in total. The molecular weight excluding hydrogens is 200 g/mol. The predicted molar refractivity (Wildman–Crippen MR) is 57.1 cm³/mol. The summed E-state index contributed by atoms with van der Waals surface area (Å²) in [6.45, 7) is 5.88. The van der Waals surface area contributed by atoms with Crippen molar-refractivity contribution in [3.8, 4) is 10.7 Å². The third-order valence-corrected chi connectivity index (χ3v) is 3.53. The molecule has 0 aliphatic carbocycles. The minimum absolute atomic E-state index is 0.825. The van der Waals surface area contributed by atoms with E-state index in [1.165, 1.54) is 0 Å². The Bertz CT molecular complexity index is 403. The van der Waals surface area contributed by atoms with Crippen molar-refractivity contribution >= 4 is 22.7 Å². The second-order valence-corrected chi connectivity index (χ2v) is 4.42. The Morgan fingerprint density at radius 3 is 2.69 bits per heavy atom. The van der Waals surface area contributed by atoms with Gasteiger partial charge in [0.2, 0.25) is 0 Å². The molecule has 0 unspecified atom stereocenters. The molecule has 0 atom stereocenters. The standard InChI is InChI=1S/C9H9N2S2/c1-3-8-11-7(5-12-8)9-10-6(2)4-13-9/h4-5H,2-3H2,1H3. The van der Waals surface area contributed by atoms with Crippen molar-refractivity contribution in [2.24, 2.45) is 0 Å². The molecule has 0 saturated heterocycles. The average molecular weight is 209 g/mol. The van der Waals surface area contributed by atoms with Crippen LogP contribution < -0.4 is 0 Å². The Hall–Kier alpha value is -0.740. The maximum absolute atomic E-state index is 4.45. The summed E-state index contributed by atoms with van der Waals surface area (Å²) in [5.74, 6) is 0. The van der Waals surface area contributed by atoms with Crippen LogP contribution in [0.25, 0.3) is 10.7 Å². The second kappa shape index (κ2) is 3.55. The van der Waals surface area contributed by atoms with Crippen molar-refractivity contribution in [1.82, 2.24) is 9.97 Å². The zero-order valence-electron chi connectivity index (χ0n) is 7.28. The molecule has 0 bridgehead atoms. The van der Waals surface area contributed by atoms with Crippen molar-refractivity contribution in [2.75, 3.05) is 0 Å². The molecular formula is C9H9N2S2. The second-order valence-electron chi connectivity index (χ2n) is 2.62. The van der Waals surface area contributed by atoms with Gasteiger partial charge in [0.25, 0.3) is 0 Å². The lowest BCUT2D eigenvalue weighted by Gasteiger charge is -1.86. The van der Waals surface area contributed by atoms with Crippen molar-refractivity contribution in [3.05, 3.63) is 28.4 Å². The molecule has 2 aromatic rings. The predicted octanol–water partition coefficient (Wildman–Crippen LogP) is 3.01. The van der Waals surface area contributed by atoms with Gasteiger partial charge in [0, 0.05) is 10.8 Å². The van der Waals surface area contributed by atoms with E-state index in [-0.39, 0.29) is 0 Å². The zero-order chi connectivity index (χ0) is 9.26. The van der Waals surface area contributed by atoms with Crippen LogP contribution in [0.1, 0.15) is 17.6 Å². The summed E-state index contributed by atoms with van der Waals surface area (Å²) in [4.78, 5) is 8.73. The molecule has 67 valence electrons. The van der Waals surface area contributed by atoms with Crippen molar-refractivity contribution in [3.63, 3.8) is 0 Å². The first-order chi connectivity index (χ1) is 6.29. The topological polar surface area (TPSA) is 25.8 Å². The maximum atomic E-state index is 4.45. The van der Waals surface area contributed by atoms with Crippen LogP contribution in [0.4, 0.5) is 0 Å². The fourth-order valence-electron chi connectivity index (χ4n) is 0.996. The van der Waals surface area contributed by atoms with Gasteiger partial charge in [0.1, 0.15) is 10.7 Å². The van der Waals surface area contributed by atoms with Crippen LogP contribution in [0, 0.1) is 6.92 Å². The van der Waals surface area contributed by atoms with E-state index in [0.29, 0.717) is 0 Å². The molecule has 0 fully saturated rings. The highest BCUT2D eigenvalue weighted by Crippen LogP contribution is 2.25. The maximum Gasteiger partial charge on any atom is 0.142 e. The van der Waals surface area contributed by atoms with E-state index >= 15 is 0 Å². The van der Waals surface area contributed by atoms with Gasteiger partial charge in [-0.25, -0.2) is 9.97 Å².